The molecule has 0 unspecified atom stereocenters. The number of nitrogens with zero attached hydrogens (tertiary/aromatic N) is 3. The number of para-hydroxylation sites is 1. The smallest absolute Gasteiger partial charge is 0.266 e. The molecule has 0 saturated carbocycles. The molecule has 27 heavy (non-hydrogen) atoms. The number of hydrogen-bond donors (Lipinski definition) is 2. The third-order valence-electron chi connectivity index (χ3n) is 4.35. The number of halogens is 2. The van der Waals surface area contributed by atoms with Crippen LogP contribution in [0.5, 0.6) is 0 Å². The van der Waals surface area contributed by atoms with Crippen molar-refractivity contribution in [2.24, 2.45) is 0 Å². The number of aromatic nitrogens is 3. The SMILES string of the molecule is O=C(NCc1nc(-c2cccs2)n[nH]1)c1ccccc1N1CCC(F)(F)C1. The van der Waals surface area contributed by atoms with E-state index in [1.54, 1.807) is 29.2 Å². The van der Waals surface area contributed by atoms with Crippen LogP contribution < -0.4 is 10.2 Å². The number of hydrogen-bond acceptors (Lipinski definition) is 5. The highest BCUT2D eigenvalue weighted by Crippen LogP contribution is 2.32. The quantitative estimate of drug-likeness (QED) is 0.702. The molecule has 0 bridgehead atoms. The number of nitrogens with one attached hydrogen (secondary N) is 2. The van der Waals surface area contributed by atoms with Crippen LogP contribution in [-0.4, -0.2) is 40.1 Å². The second-order valence-electron chi connectivity index (χ2n) is 6.31. The monoisotopic (exact) mass is 389 g/mol. The highest BCUT2D eigenvalue weighted by atomic mass is 32.1. The van der Waals surface area contributed by atoms with E-state index in [2.05, 4.69) is 20.5 Å². The summed E-state index contributed by atoms with van der Waals surface area (Å²) in [6, 6.07) is 10.6. The predicted octanol–water partition coefficient (Wildman–Crippen LogP) is 3.31. The van der Waals surface area contributed by atoms with Crippen LogP contribution in [-0.2, 0) is 6.54 Å². The second kappa shape index (κ2) is 7.07. The molecule has 9 heteroatoms. The van der Waals surface area contributed by atoms with Gasteiger partial charge in [-0.1, -0.05) is 18.2 Å². The number of carbonyl (C=O) groups is 1. The largest absolute Gasteiger partial charge is 0.365 e. The van der Waals surface area contributed by atoms with E-state index in [4.69, 9.17) is 0 Å². The molecule has 1 aliphatic rings. The van der Waals surface area contributed by atoms with Crippen LogP contribution in [0.4, 0.5) is 14.5 Å². The van der Waals surface area contributed by atoms with Crippen LogP contribution in [0.15, 0.2) is 41.8 Å². The topological polar surface area (TPSA) is 73.9 Å². The van der Waals surface area contributed by atoms with Crippen molar-refractivity contribution in [1.82, 2.24) is 20.5 Å². The minimum absolute atomic E-state index is 0.168. The molecule has 1 aromatic carbocycles. The first kappa shape index (κ1) is 17.6. The minimum Gasteiger partial charge on any atom is -0.365 e. The molecule has 0 radical (unpaired) electrons. The van der Waals surface area contributed by atoms with Gasteiger partial charge in [0.25, 0.3) is 11.8 Å². The van der Waals surface area contributed by atoms with Crippen molar-refractivity contribution in [3.63, 3.8) is 0 Å². The molecule has 3 heterocycles. The van der Waals surface area contributed by atoms with Gasteiger partial charge in [0.2, 0.25) is 0 Å². The van der Waals surface area contributed by atoms with Crippen molar-refractivity contribution in [1.29, 1.82) is 0 Å². The Kier molecular flexibility index (Phi) is 4.61. The summed E-state index contributed by atoms with van der Waals surface area (Å²) >= 11 is 1.53. The zero-order valence-corrected chi connectivity index (χ0v) is 15.1. The highest BCUT2D eigenvalue weighted by Gasteiger charge is 2.39. The average molecular weight is 389 g/mol. The van der Waals surface area contributed by atoms with Crippen molar-refractivity contribution < 1.29 is 13.6 Å². The fourth-order valence-corrected chi connectivity index (χ4v) is 3.69. The Morgan fingerprint density at radius 2 is 2.15 bits per heavy atom. The van der Waals surface area contributed by atoms with E-state index in [1.165, 1.54) is 11.3 Å². The highest BCUT2D eigenvalue weighted by molar-refractivity contribution is 7.13. The maximum Gasteiger partial charge on any atom is 0.266 e. The molecule has 4 rings (SSSR count). The molecule has 2 N–H and O–H groups in total. The summed E-state index contributed by atoms with van der Waals surface area (Å²) < 4.78 is 27.1. The van der Waals surface area contributed by atoms with Crippen LogP contribution in [0, 0.1) is 0 Å². The van der Waals surface area contributed by atoms with Gasteiger partial charge in [-0.3, -0.25) is 9.89 Å². The van der Waals surface area contributed by atoms with Gasteiger partial charge in [0, 0.05) is 18.7 Å². The maximum absolute atomic E-state index is 13.5. The van der Waals surface area contributed by atoms with Gasteiger partial charge in [0.15, 0.2) is 5.82 Å². The third-order valence-corrected chi connectivity index (χ3v) is 5.21. The van der Waals surface area contributed by atoms with Crippen LogP contribution in [0.25, 0.3) is 10.7 Å². The van der Waals surface area contributed by atoms with Gasteiger partial charge in [0.1, 0.15) is 5.82 Å². The number of thiophene rings is 1. The van der Waals surface area contributed by atoms with Gasteiger partial charge in [0.05, 0.1) is 23.5 Å². The van der Waals surface area contributed by atoms with Gasteiger partial charge in [-0.05, 0) is 23.6 Å². The van der Waals surface area contributed by atoms with E-state index in [1.807, 2.05) is 17.5 Å². The molecule has 1 fully saturated rings. The van der Waals surface area contributed by atoms with E-state index in [0.29, 0.717) is 22.9 Å². The first-order valence-corrected chi connectivity index (χ1v) is 9.35. The fraction of sp³-hybridized carbons (Fsp3) is 0.278. The van der Waals surface area contributed by atoms with Crippen LogP contribution in [0.2, 0.25) is 0 Å². The summed E-state index contributed by atoms with van der Waals surface area (Å²) in [4.78, 5) is 19.5. The summed E-state index contributed by atoms with van der Waals surface area (Å²) in [7, 11) is 0. The van der Waals surface area contributed by atoms with Gasteiger partial charge >= 0.3 is 0 Å². The normalized spacial score (nSPS) is 15.9. The Bertz CT molecular complexity index is 941. The Hall–Kier alpha value is -2.81. The molecule has 0 spiro atoms. The lowest BCUT2D eigenvalue weighted by molar-refractivity contribution is 0.0257. The lowest BCUT2D eigenvalue weighted by Crippen LogP contribution is -2.29. The molecule has 6 nitrogen and oxygen atoms in total. The summed E-state index contributed by atoms with van der Waals surface area (Å²) in [5, 5.41) is 11.7. The molecule has 2 aromatic heterocycles. The van der Waals surface area contributed by atoms with Crippen molar-refractivity contribution in [2.45, 2.75) is 18.9 Å². The predicted molar refractivity (Wildman–Crippen MR) is 99.1 cm³/mol. The van der Waals surface area contributed by atoms with Crippen LogP contribution in [0.3, 0.4) is 0 Å². The number of anilines is 1. The maximum atomic E-state index is 13.5. The number of carbonyl (C=O) groups excluding carboxylic acids is 1. The average Bonchev–Trinajstić information content (AvgIpc) is 3.40. The molecular formula is C18H17F2N5OS. The zero-order chi connectivity index (χ0) is 18.9. The van der Waals surface area contributed by atoms with Gasteiger partial charge in [-0.15, -0.1) is 11.3 Å². The van der Waals surface area contributed by atoms with Crippen molar-refractivity contribution in [3.8, 4) is 10.7 Å². The standard InChI is InChI=1S/C18H17F2N5OS/c19-18(20)7-8-25(11-18)13-5-2-1-4-12(13)17(26)21-10-15-22-16(24-23-15)14-6-3-9-27-14/h1-6,9H,7-8,10-11H2,(H,21,26)(H,22,23,24). The van der Waals surface area contributed by atoms with E-state index < -0.39 is 5.92 Å². The molecule has 1 aliphatic heterocycles. The van der Waals surface area contributed by atoms with E-state index >= 15 is 0 Å². The van der Waals surface area contributed by atoms with Gasteiger partial charge in [-0.2, -0.15) is 5.10 Å². The summed E-state index contributed by atoms with van der Waals surface area (Å²) in [6.07, 6.45) is -0.202. The van der Waals surface area contributed by atoms with Crippen LogP contribution >= 0.6 is 11.3 Å². The van der Waals surface area contributed by atoms with E-state index in [0.717, 1.165) is 4.88 Å². The zero-order valence-electron chi connectivity index (χ0n) is 14.3. The first-order chi connectivity index (χ1) is 13.0. The van der Waals surface area contributed by atoms with Crippen molar-refractivity contribution in [2.75, 3.05) is 18.0 Å². The van der Waals surface area contributed by atoms with Crippen molar-refractivity contribution >= 4 is 22.9 Å². The van der Waals surface area contributed by atoms with Gasteiger partial charge < -0.3 is 10.2 Å². The minimum atomic E-state index is -2.72. The number of H-pyrrole nitrogens is 1. The fourth-order valence-electron chi connectivity index (χ4n) is 3.03. The van der Waals surface area contributed by atoms with E-state index in [-0.39, 0.29) is 32.0 Å². The van der Waals surface area contributed by atoms with Crippen molar-refractivity contribution in [3.05, 3.63) is 53.2 Å². The number of rotatable bonds is 5. The Morgan fingerprint density at radius 1 is 1.30 bits per heavy atom. The summed E-state index contributed by atoms with van der Waals surface area (Å²) in [5.74, 6) is -1.96. The van der Waals surface area contributed by atoms with Crippen LogP contribution in [0.1, 0.15) is 22.6 Å². The molecule has 0 aliphatic carbocycles. The molecule has 140 valence electrons. The first-order valence-electron chi connectivity index (χ1n) is 8.47. The van der Waals surface area contributed by atoms with Gasteiger partial charge in [-0.25, -0.2) is 13.8 Å². The second-order valence-corrected chi connectivity index (χ2v) is 7.26. The third kappa shape index (κ3) is 3.82. The molecule has 1 saturated heterocycles. The molecule has 1 amide bonds. The lowest BCUT2D eigenvalue weighted by atomic mass is 10.1. The number of aromatic amines is 1. The molecule has 0 atom stereocenters. The molecule has 3 aromatic rings. The lowest BCUT2D eigenvalue weighted by Gasteiger charge is -2.21. The summed E-state index contributed by atoms with van der Waals surface area (Å²) in [5.41, 5.74) is 0.886. The Balaban J connectivity index is 1.45. The Morgan fingerprint density at radius 3 is 2.89 bits per heavy atom. The number of amides is 1. The number of benzene rings is 1. The van der Waals surface area contributed by atoms with E-state index in [9.17, 15) is 13.6 Å². The molecular weight excluding hydrogens is 372 g/mol. The Labute approximate surface area is 158 Å². The number of alkyl halides is 2. The summed E-state index contributed by atoms with van der Waals surface area (Å²) in [6.45, 7) is 0.0227.